The topological polar surface area (TPSA) is 62.0 Å². The average molecular weight is 220 g/mol. The summed E-state index contributed by atoms with van der Waals surface area (Å²) in [7, 11) is 0. The van der Waals surface area contributed by atoms with E-state index >= 15 is 0 Å². The van der Waals surface area contributed by atoms with Crippen LogP contribution in [-0.2, 0) is 0 Å². The fourth-order valence-corrected chi connectivity index (χ4v) is 1.75. The molecule has 4 heteroatoms. The van der Waals surface area contributed by atoms with Crippen LogP contribution in [0.15, 0.2) is 23.1 Å². The number of carbonyl (C=O) groups excluding carboxylic acids is 1. The molecule has 1 amide bonds. The van der Waals surface area contributed by atoms with Crippen LogP contribution in [0.4, 0.5) is 0 Å². The van der Waals surface area contributed by atoms with Gasteiger partial charge >= 0.3 is 0 Å². The lowest BCUT2D eigenvalue weighted by molar-refractivity contribution is 0.0944. The van der Waals surface area contributed by atoms with E-state index in [-0.39, 0.29) is 11.5 Å². The van der Waals surface area contributed by atoms with E-state index in [1.54, 1.807) is 6.07 Å². The smallest absolute Gasteiger partial charge is 0.252 e. The van der Waals surface area contributed by atoms with E-state index < -0.39 is 0 Å². The summed E-state index contributed by atoms with van der Waals surface area (Å²) in [5.74, 6) is -0.115. The van der Waals surface area contributed by atoms with Gasteiger partial charge < -0.3 is 10.3 Å². The third-order valence-electron chi connectivity index (χ3n) is 3.38. The highest BCUT2D eigenvalue weighted by atomic mass is 16.1. The van der Waals surface area contributed by atoms with E-state index in [9.17, 15) is 9.59 Å². The standard InChI is InChI=1S/C12H16N2O2/c1-2-12(5-6-12)8-14-11(16)9-3-4-10(15)13-7-9/h3-4,7H,2,5-6,8H2,1H3,(H,13,15)(H,14,16). The molecule has 2 rings (SSSR count). The molecule has 0 atom stereocenters. The van der Waals surface area contributed by atoms with E-state index in [4.69, 9.17) is 0 Å². The first-order valence-electron chi connectivity index (χ1n) is 5.62. The van der Waals surface area contributed by atoms with Gasteiger partial charge in [0.15, 0.2) is 0 Å². The molecule has 1 saturated carbocycles. The van der Waals surface area contributed by atoms with Crippen LogP contribution in [0.3, 0.4) is 0 Å². The Balaban J connectivity index is 1.93. The fourth-order valence-electron chi connectivity index (χ4n) is 1.75. The van der Waals surface area contributed by atoms with Crippen molar-refractivity contribution < 1.29 is 4.79 Å². The van der Waals surface area contributed by atoms with E-state index in [0.717, 1.165) is 13.0 Å². The van der Waals surface area contributed by atoms with Crippen molar-refractivity contribution in [2.45, 2.75) is 26.2 Å². The molecule has 16 heavy (non-hydrogen) atoms. The second-order valence-corrected chi connectivity index (χ2v) is 4.48. The minimum Gasteiger partial charge on any atom is -0.351 e. The van der Waals surface area contributed by atoms with E-state index in [2.05, 4.69) is 17.2 Å². The highest BCUT2D eigenvalue weighted by Crippen LogP contribution is 2.47. The second-order valence-electron chi connectivity index (χ2n) is 4.48. The lowest BCUT2D eigenvalue weighted by Gasteiger charge is -2.13. The van der Waals surface area contributed by atoms with Gasteiger partial charge in [0.05, 0.1) is 5.56 Å². The van der Waals surface area contributed by atoms with Crippen molar-refractivity contribution in [3.63, 3.8) is 0 Å². The normalized spacial score (nSPS) is 16.8. The Morgan fingerprint density at radius 3 is 2.75 bits per heavy atom. The molecule has 1 aliphatic rings. The van der Waals surface area contributed by atoms with E-state index in [0.29, 0.717) is 11.0 Å². The number of hydrogen-bond acceptors (Lipinski definition) is 2. The van der Waals surface area contributed by atoms with Gasteiger partial charge in [-0.1, -0.05) is 6.92 Å². The first kappa shape index (κ1) is 10.9. The second kappa shape index (κ2) is 4.12. The lowest BCUT2D eigenvalue weighted by Crippen LogP contribution is -2.30. The molecule has 1 aromatic heterocycles. The minimum absolute atomic E-state index is 0.115. The maximum absolute atomic E-state index is 11.7. The van der Waals surface area contributed by atoms with Gasteiger partial charge in [-0.2, -0.15) is 0 Å². The number of aromatic amines is 1. The molecular formula is C12H16N2O2. The molecule has 1 heterocycles. The van der Waals surface area contributed by atoms with Crippen LogP contribution in [0.5, 0.6) is 0 Å². The number of hydrogen-bond donors (Lipinski definition) is 2. The molecule has 0 spiro atoms. The maximum atomic E-state index is 11.7. The van der Waals surface area contributed by atoms with Crippen molar-refractivity contribution in [2.75, 3.05) is 6.54 Å². The molecular weight excluding hydrogens is 204 g/mol. The summed E-state index contributed by atoms with van der Waals surface area (Å²) in [5, 5.41) is 2.91. The van der Waals surface area contributed by atoms with Crippen LogP contribution in [0.25, 0.3) is 0 Å². The van der Waals surface area contributed by atoms with Gasteiger partial charge in [-0.3, -0.25) is 9.59 Å². The fraction of sp³-hybridized carbons (Fsp3) is 0.500. The summed E-state index contributed by atoms with van der Waals surface area (Å²) < 4.78 is 0. The summed E-state index contributed by atoms with van der Waals surface area (Å²) >= 11 is 0. The number of carbonyl (C=O) groups is 1. The van der Waals surface area contributed by atoms with Crippen molar-refractivity contribution in [3.8, 4) is 0 Å². The van der Waals surface area contributed by atoms with Gasteiger partial charge in [0.25, 0.3) is 5.91 Å². The molecule has 0 aliphatic heterocycles. The van der Waals surface area contributed by atoms with E-state index in [1.165, 1.54) is 25.1 Å². The Labute approximate surface area is 94.1 Å². The Morgan fingerprint density at radius 1 is 1.50 bits per heavy atom. The summed E-state index contributed by atoms with van der Waals surface area (Å²) in [6.07, 6.45) is 4.97. The average Bonchev–Trinajstić information content (AvgIpc) is 3.08. The van der Waals surface area contributed by atoms with Crippen LogP contribution in [0.2, 0.25) is 0 Å². The van der Waals surface area contributed by atoms with Crippen LogP contribution in [0, 0.1) is 5.41 Å². The van der Waals surface area contributed by atoms with Crippen molar-refractivity contribution >= 4 is 5.91 Å². The Kier molecular flexibility index (Phi) is 2.81. The molecule has 0 bridgehead atoms. The SMILES string of the molecule is CCC1(CNC(=O)c2ccc(=O)[nH]c2)CC1. The van der Waals surface area contributed by atoms with Crippen LogP contribution >= 0.6 is 0 Å². The molecule has 4 nitrogen and oxygen atoms in total. The summed E-state index contributed by atoms with van der Waals surface area (Å²) in [5.41, 5.74) is 0.660. The molecule has 0 aromatic carbocycles. The predicted octanol–water partition coefficient (Wildman–Crippen LogP) is 1.29. The summed E-state index contributed by atoms with van der Waals surface area (Å²) in [6.45, 7) is 2.89. The molecule has 2 N–H and O–H groups in total. The Bertz CT molecular complexity index is 426. The lowest BCUT2D eigenvalue weighted by atomic mass is 10.0. The largest absolute Gasteiger partial charge is 0.351 e. The molecule has 1 aromatic rings. The van der Waals surface area contributed by atoms with Gasteiger partial charge in [0.2, 0.25) is 5.56 Å². The first-order chi connectivity index (χ1) is 7.65. The number of amides is 1. The third-order valence-corrected chi connectivity index (χ3v) is 3.38. The quantitative estimate of drug-likeness (QED) is 0.803. The van der Waals surface area contributed by atoms with Crippen molar-refractivity contribution in [1.82, 2.24) is 10.3 Å². The van der Waals surface area contributed by atoms with Crippen LogP contribution in [-0.4, -0.2) is 17.4 Å². The number of aromatic nitrogens is 1. The number of H-pyrrole nitrogens is 1. The predicted molar refractivity (Wildman–Crippen MR) is 61.4 cm³/mol. The Hall–Kier alpha value is -1.58. The van der Waals surface area contributed by atoms with Gasteiger partial charge in [0.1, 0.15) is 0 Å². The zero-order valence-electron chi connectivity index (χ0n) is 9.38. The highest BCUT2D eigenvalue weighted by Gasteiger charge is 2.40. The van der Waals surface area contributed by atoms with Gasteiger partial charge in [-0.15, -0.1) is 0 Å². The van der Waals surface area contributed by atoms with Gasteiger partial charge in [-0.05, 0) is 30.7 Å². The maximum Gasteiger partial charge on any atom is 0.252 e. The zero-order valence-corrected chi connectivity index (χ0v) is 9.38. The molecule has 86 valence electrons. The van der Waals surface area contributed by atoms with Gasteiger partial charge in [-0.25, -0.2) is 0 Å². The molecule has 0 radical (unpaired) electrons. The molecule has 1 fully saturated rings. The summed E-state index contributed by atoms with van der Waals surface area (Å²) in [4.78, 5) is 25.0. The van der Waals surface area contributed by atoms with Crippen LogP contribution < -0.4 is 10.9 Å². The summed E-state index contributed by atoms with van der Waals surface area (Å²) in [6, 6.07) is 2.90. The molecule has 0 unspecified atom stereocenters. The Morgan fingerprint density at radius 2 is 2.25 bits per heavy atom. The minimum atomic E-state index is -0.191. The van der Waals surface area contributed by atoms with Crippen molar-refractivity contribution in [3.05, 3.63) is 34.2 Å². The molecule has 1 aliphatic carbocycles. The zero-order chi connectivity index (χ0) is 11.6. The van der Waals surface area contributed by atoms with Crippen molar-refractivity contribution in [2.24, 2.45) is 5.41 Å². The monoisotopic (exact) mass is 220 g/mol. The van der Waals surface area contributed by atoms with Crippen molar-refractivity contribution in [1.29, 1.82) is 0 Å². The first-order valence-corrected chi connectivity index (χ1v) is 5.62. The third kappa shape index (κ3) is 2.32. The highest BCUT2D eigenvalue weighted by molar-refractivity contribution is 5.93. The van der Waals surface area contributed by atoms with Gasteiger partial charge in [0, 0.05) is 18.8 Å². The van der Waals surface area contributed by atoms with E-state index in [1.807, 2.05) is 0 Å². The van der Waals surface area contributed by atoms with Crippen LogP contribution in [0.1, 0.15) is 36.5 Å². The molecule has 0 saturated heterocycles. The number of rotatable bonds is 4. The number of pyridine rings is 1. The number of nitrogens with one attached hydrogen (secondary N) is 2.